The maximum atomic E-state index is 8.38. The van der Waals surface area contributed by atoms with E-state index in [0.717, 1.165) is 25.9 Å². The number of piperidine rings is 1. The lowest BCUT2D eigenvalue weighted by Crippen LogP contribution is -2.41. The van der Waals surface area contributed by atoms with Crippen LogP contribution in [0.4, 0.5) is 0 Å². The topological polar surface area (TPSA) is 71.1 Å². The zero-order chi connectivity index (χ0) is 9.68. The first-order valence-electron chi connectivity index (χ1n) is 4.47. The molecule has 1 aliphatic rings. The van der Waals surface area contributed by atoms with Crippen molar-refractivity contribution in [2.45, 2.75) is 18.9 Å². The van der Waals surface area contributed by atoms with Crippen molar-refractivity contribution in [1.82, 2.24) is 4.90 Å². The summed E-state index contributed by atoms with van der Waals surface area (Å²) in [6.07, 6.45) is 2.42. The molecule has 0 radical (unpaired) electrons. The summed E-state index contributed by atoms with van der Waals surface area (Å²) in [4.78, 5) is 2.16. The minimum absolute atomic E-state index is 0.274. The molecule has 0 bridgehead atoms. The lowest BCUT2D eigenvalue weighted by molar-refractivity contribution is 0.0453. The number of hydrogen-bond donors (Lipinski definition) is 2. The highest BCUT2D eigenvalue weighted by Crippen LogP contribution is 2.11. The number of hydrogen-bond acceptors (Lipinski definition) is 4. The zero-order valence-corrected chi connectivity index (χ0v) is 7.94. The molecular formula is C8H17N3O2. The molecule has 1 fully saturated rings. The van der Waals surface area contributed by atoms with Crippen LogP contribution < -0.4 is 5.73 Å². The highest BCUT2D eigenvalue weighted by Gasteiger charge is 2.18. The number of methoxy groups -OCH3 is 1. The lowest BCUT2D eigenvalue weighted by atomic mass is 10.1. The molecule has 1 aliphatic heterocycles. The van der Waals surface area contributed by atoms with Crippen LogP contribution in [-0.4, -0.2) is 48.8 Å². The average molecular weight is 187 g/mol. The van der Waals surface area contributed by atoms with Crippen molar-refractivity contribution in [2.75, 3.05) is 26.7 Å². The van der Waals surface area contributed by atoms with Gasteiger partial charge in [0.15, 0.2) is 5.84 Å². The van der Waals surface area contributed by atoms with Crippen molar-refractivity contribution < 1.29 is 9.94 Å². The molecule has 1 saturated heterocycles. The van der Waals surface area contributed by atoms with Crippen molar-refractivity contribution in [3.05, 3.63) is 0 Å². The van der Waals surface area contributed by atoms with E-state index < -0.39 is 0 Å². The Balaban J connectivity index is 2.25. The van der Waals surface area contributed by atoms with Gasteiger partial charge in [-0.3, -0.25) is 4.90 Å². The van der Waals surface area contributed by atoms with E-state index in [1.165, 1.54) is 0 Å². The number of oxime groups is 1. The van der Waals surface area contributed by atoms with Gasteiger partial charge in [-0.25, -0.2) is 0 Å². The van der Waals surface area contributed by atoms with Crippen LogP contribution in [0.15, 0.2) is 5.16 Å². The van der Waals surface area contributed by atoms with Gasteiger partial charge in [-0.2, -0.15) is 0 Å². The van der Waals surface area contributed by atoms with E-state index in [1.54, 1.807) is 7.11 Å². The number of ether oxygens (including phenoxy) is 1. The summed E-state index contributed by atoms with van der Waals surface area (Å²) in [5, 5.41) is 11.3. The van der Waals surface area contributed by atoms with Crippen LogP contribution in [-0.2, 0) is 4.74 Å². The Morgan fingerprint density at radius 1 is 1.62 bits per heavy atom. The summed E-state index contributed by atoms with van der Waals surface area (Å²) >= 11 is 0. The number of likely N-dealkylation sites (tertiary alicyclic amines) is 1. The summed E-state index contributed by atoms with van der Waals surface area (Å²) in [7, 11) is 1.74. The Bertz CT molecular complexity index is 176. The molecule has 3 N–H and O–H groups in total. The van der Waals surface area contributed by atoms with E-state index in [4.69, 9.17) is 15.7 Å². The highest BCUT2D eigenvalue weighted by atomic mass is 16.5. The second kappa shape index (κ2) is 5.04. The first-order chi connectivity index (χ1) is 6.26. The van der Waals surface area contributed by atoms with Gasteiger partial charge < -0.3 is 15.7 Å². The van der Waals surface area contributed by atoms with Crippen molar-refractivity contribution in [3.8, 4) is 0 Å². The summed E-state index contributed by atoms with van der Waals surface area (Å²) in [5.74, 6) is 0.274. The Morgan fingerprint density at radius 3 is 2.69 bits per heavy atom. The van der Waals surface area contributed by atoms with Crippen LogP contribution in [0.1, 0.15) is 12.8 Å². The Hall–Kier alpha value is -0.810. The van der Waals surface area contributed by atoms with E-state index in [-0.39, 0.29) is 5.84 Å². The van der Waals surface area contributed by atoms with E-state index in [2.05, 4.69) is 10.1 Å². The van der Waals surface area contributed by atoms with Gasteiger partial charge in [0.2, 0.25) is 0 Å². The van der Waals surface area contributed by atoms with E-state index in [9.17, 15) is 0 Å². The molecule has 0 amide bonds. The van der Waals surface area contributed by atoms with Crippen LogP contribution in [0.5, 0.6) is 0 Å². The number of nitrogens with two attached hydrogens (primary N) is 1. The van der Waals surface area contributed by atoms with Crippen LogP contribution in [0.3, 0.4) is 0 Å². The van der Waals surface area contributed by atoms with Gasteiger partial charge in [0.1, 0.15) is 0 Å². The van der Waals surface area contributed by atoms with Gasteiger partial charge in [0.05, 0.1) is 12.6 Å². The Kier molecular flexibility index (Phi) is 3.98. The van der Waals surface area contributed by atoms with Crippen LogP contribution in [0.2, 0.25) is 0 Å². The molecule has 0 aliphatic carbocycles. The number of rotatable bonds is 3. The fourth-order valence-electron chi connectivity index (χ4n) is 1.56. The van der Waals surface area contributed by atoms with Gasteiger partial charge in [0, 0.05) is 20.2 Å². The lowest BCUT2D eigenvalue weighted by Gasteiger charge is -2.30. The maximum absolute atomic E-state index is 8.38. The molecule has 0 aromatic carbocycles. The van der Waals surface area contributed by atoms with Crippen LogP contribution >= 0.6 is 0 Å². The largest absolute Gasteiger partial charge is 0.409 e. The van der Waals surface area contributed by atoms with Crippen LogP contribution in [0, 0.1) is 0 Å². The molecule has 5 nitrogen and oxygen atoms in total. The van der Waals surface area contributed by atoms with Gasteiger partial charge in [-0.15, -0.1) is 0 Å². The molecule has 0 saturated carbocycles. The third kappa shape index (κ3) is 3.20. The minimum Gasteiger partial charge on any atom is -0.409 e. The molecular weight excluding hydrogens is 170 g/mol. The van der Waals surface area contributed by atoms with Crippen molar-refractivity contribution >= 4 is 5.84 Å². The predicted molar refractivity (Wildman–Crippen MR) is 49.9 cm³/mol. The second-order valence-electron chi connectivity index (χ2n) is 3.30. The second-order valence-corrected chi connectivity index (χ2v) is 3.30. The summed E-state index contributed by atoms with van der Waals surface area (Å²) < 4.78 is 5.23. The van der Waals surface area contributed by atoms with E-state index >= 15 is 0 Å². The fraction of sp³-hybridized carbons (Fsp3) is 0.875. The molecule has 0 atom stereocenters. The Morgan fingerprint density at radius 2 is 2.23 bits per heavy atom. The molecule has 1 heterocycles. The summed E-state index contributed by atoms with van der Waals surface area (Å²) in [5.41, 5.74) is 5.40. The normalized spacial score (nSPS) is 22.1. The van der Waals surface area contributed by atoms with Gasteiger partial charge in [0.25, 0.3) is 0 Å². The van der Waals surface area contributed by atoms with E-state index in [0.29, 0.717) is 12.6 Å². The third-order valence-electron chi connectivity index (χ3n) is 2.38. The number of amidine groups is 1. The average Bonchev–Trinajstić information content (AvgIpc) is 2.19. The first kappa shape index (κ1) is 10.3. The molecule has 0 aromatic rings. The summed E-state index contributed by atoms with van der Waals surface area (Å²) in [6.45, 7) is 2.45. The third-order valence-corrected chi connectivity index (χ3v) is 2.38. The summed E-state index contributed by atoms with van der Waals surface area (Å²) in [6, 6.07) is 0. The predicted octanol–water partition coefficient (Wildman–Crippen LogP) is -0.156. The number of nitrogens with zero attached hydrogens (tertiary/aromatic N) is 2. The zero-order valence-electron chi connectivity index (χ0n) is 7.94. The van der Waals surface area contributed by atoms with Gasteiger partial charge in [-0.05, 0) is 12.8 Å². The first-order valence-corrected chi connectivity index (χ1v) is 4.47. The van der Waals surface area contributed by atoms with Crippen molar-refractivity contribution in [3.63, 3.8) is 0 Å². The maximum Gasteiger partial charge on any atom is 0.153 e. The monoisotopic (exact) mass is 187 g/mol. The molecule has 5 heteroatoms. The molecule has 0 aromatic heterocycles. The molecule has 1 rings (SSSR count). The Labute approximate surface area is 78.1 Å². The molecule has 76 valence electrons. The van der Waals surface area contributed by atoms with Crippen molar-refractivity contribution in [1.29, 1.82) is 0 Å². The quantitative estimate of drug-likeness (QED) is 0.279. The minimum atomic E-state index is 0.274. The SMILES string of the molecule is COC1CCN(C/C(N)=N/O)CC1. The highest BCUT2D eigenvalue weighted by molar-refractivity contribution is 5.81. The standard InChI is InChI=1S/C8H17N3O2/c1-13-7-2-4-11(5-3-7)6-8(9)10-12/h7,12H,2-6H2,1H3,(H2,9,10). The van der Waals surface area contributed by atoms with E-state index in [1.807, 2.05) is 0 Å². The van der Waals surface area contributed by atoms with Crippen LogP contribution in [0.25, 0.3) is 0 Å². The smallest absolute Gasteiger partial charge is 0.153 e. The molecule has 0 unspecified atom stereocenters. The van der Waals surface area contributed by atoms with Crippen molar-refractivity contribution in [2.24, 2.45) is 10.9 Å². The molecule has 0 spiro atoms. The van der Waals surface area contributed by atoms with Gasteiger partial charge in [-0.1, -0.05) is 5.16 Å². The fourth-order valence-corrected chi connectivity index (χ4v) is 1.56. The van der Waals surface area contributed by atoms with Gasteiger partial charge >= 0.3 is 0 Å². The molecule has 13 heavy (non-hydrogen) atoms.